The van der Waals surface area contributed by atoms with Crippen LogP contribution in [0.1, 0.15) is 0 Å². The Morgan fingerprint density at radius 1 is 1.05 bits per heavy atom. The van der Waals surface area contributed by atoms with Crippen LogP contribution in [0.4, 0.5) is 20.2 Å². The second kappa shape index (κ2) is 6.74. The van der Waals surface area contributed by atoms with Gasteiger partial charge in [0, 0.05) is 11.4 Å². The van der Waals surface area contributed by atoms with Crippen molar-refractivity contribution in [2.24, 2.45) is 0 Å². The van der Waals surface area contributed by atoms with Gasteiger partial charge in [-0.25, -0.2) is 8.78 Å². The molecule has 0 radical (unpaired) electrons. The van der Waals surface area contributed by atoms with E-state index in [1.807, 2.05) is 0 Å². The average Bonchev–Trinajstić information content (AvgIpc) is 2.42. The standard InChI is InChI=1S/C14H10Cl2F2N2O/c15-11-5-10(6-12(16)14(11)18)19-7-13(21)20-9-3-1-2-8(17)4-9/h1-6,19H,7H2,(H,20,21). The van der Waals surface area contributed by atoms with E-state index in [4.69, 9.17) is 23.2 Å². The number of carbonyl (C=O) groups excluding carboxylic acids is 1. The Hall–Kier alpha value is -1.85. The van der Waals surface area contributed by atoms with Gasteiger partial charge in [0.15, 0.2) is 5.82 Å². The molecule has 0 heterocycles. The van der Waals surface area contributed by atoms with Crippen LogP contribution < -0.4 is 10.6 Å². The van der Waals surface area contributed by atoms with Gasteiger partial charge in [0.1, 0.15) is 5.82 Å². The summed E-state index contributed by atoms with van der Waals surface area (Å²) >= 11 is 11.3. The molecule has 0 aliphatic rings. The maximum Gasteiger partial charge on any atom is 0.243 e. The molecule has 1 amide bonds. The van der Waals surface area contributed by atoms with E-state index in [9.17, 15) is 13.6 Å². The highest BCUT2D eigenvalue weighted by Crippen LogP contribution is 2.27. The van der Waals surface area contributed by atoms with Crippen molar-refractivity contribution in [2.75, 3.05) is 17.2 Å². The quantitative estimate of drug-likeness (QED) is 0.819. The van der Waals surface area contributed by atoms with E-state index in [1.54, 1.807) is 6.07 Å². The summed E-state index contributed by atoms with van der Waals surface area (Å²) in [6.07, 6.45) is 0. The van der Waals surface area contributed by atoms with Crippen molar-refractivity contribution < 1.29 is 13.6 Å². The predicted octanol–water partition coefficient (Wildman–Crippen LogP) is 4.32. The molecule has 0 aliphatic carbocycles. The summed E-state index contributed by atoms with van der Waals surface area (Å²) in [5.74, 6) is -1.55. The third kappa shape index (κ3) is 4.31. The third-order valence-electron chi connectivity index (χ3n) is 2.55. The van der Waals surface area contributed by atoms with Gasteiger partial charge >= 0.3 is 0 Å². The number of carbonyl (C=O) groups is 1. The largest absolute Gasteiger partial charge is 0.376 e. The topological polar surface area (TPSA) is 41.1 Å². The van der Waals surface area contributed by atoms with Crippen LogP contribution in [0.2, 0.25) is 10.0 Å². The molecule has 2 N–H and O–H groups in total. The highest BCUT2D eigenvalue weighted by molar-refractivity contribution is 6.35. The minimum atomic E-state index is -0.715. The van der Waals surface area contributed by atoms with E-state index in [0.717, 1.165) is 0 Å². The van der Waals surface area contributed by atoms with Gasteiger partial charge in [-0.3, -0.25) is 4.79 Å². The van der Waals surface area contributed by atoms with E-state index in [-0.39, 0.29) is 16.6 Å². The Labute approximate surface area is 129 Å². The second-order valence-electron chi connectivity index (χ2n) is 4.17. The lowest BCUT2D eigenvalue weighted by molar-refractivity contribution is -0.114. The van der Waals surface area contributed by atoms with Crippen LogP contribution in [-0.4, -0.2) is 12.5 Å². The Balaban J connectivity index is 1.95. The zero-order valence-electron chi connectivity index (χ0n) is 10.6. The molecule has 7 heteroatoms. The van der Waals surface area contributed by atoms with Gasteiger partial charge in [-0.2, -0.15) is 0 Å². The molecule has 2 aromatic rings. The number of nitrogens with one attached hydrogen (secondary N) is 2. The van der Waals surface area contributed by atoms with E-state index in [1.165, 1.54) is 30.3 Å². The lowest BCUT2D eigenvalue weighted by Crippen LogP contribution is -2.21. The van der Waals surface area contributed by atoms with Gasteiger partial charge in [-0.05, 0) is 30.3 Å². The number of hydrogen-bond donors (Lipinski definition) is 2. The molecule has 110 valence electrons. The summed E-state index contributed by atoms with van der Waals surface area (Å²) in [6.45, 7) is -0.102. The van der Waals surface area contributed by atoms with Crippen molar-refractivity contribution in [3.8, 4) is 0 Å². The fourth-order valence-corrected chi connectivity index (χ4v) is 2.10. The minimum Gasteiger partial charge on any atom is -0.376 e. The van der Waals surface area contributed by atoms with Gasteiger partial charge < -0.3 is 10.6 Å². The Bertz CT molecular complexity index is 657. The molecule has 0 fully saturated rings. The molecule has 21 heavy (non-hydrogen) atoms. The van der Waals surface area contributed by atoms with Gasteiger partial charge in [0.05, 0.1) is 16.6 Å². The molecule has 0 aromatic heterocycles. The van der Waals surface area contributed by atoms with Crippen LogP contribution >= 0.6 is 23.2 Å². The Morgan fingerprint density at radius 3 is 2.33 bits per heavy atom. The fraction of sp³-hybridized carbons (Fsp3) is 0.0714. The summed E-state index contributed by atoms with van der Waals surface area (Å²) in [5.41, 5.74) is 0.748. The molecular weight excluding hydrogens is 321 g/mol. The first-order valence-electron chi connectivity index (χ1n) is 5.89. The lowest BCUT2D eigenvalue weighted by atomic mass is 10.3. The Morgan fingerprint density at radius 2 is 1.71 bits per heavy atom. The van der Waals surface area contributed by atoms with Gasteiger partial charge in [-0.1, -0.05) is 29.3 Å². The number of amides is 1. The van der Waals surface area contributed by atoms with E-state index < -0.39 is 17.5 Å². The van der Waals surface area contributed by atoms with Gasteiger partial charge in [0.25, 0.3) is 0 Å². The minimum absolute atomic E-state index is 0.102. The molecule has 3 nitrogen and oxygen atoms in total. The van der Waals surface area contributed by atoms with Gasteiger partial charge in [0.2, 0.25) is 5.91 Å². The zero-order chi connectivity index (χ0) is 15.4. The molecule has 0 atom stereocenters. The first-order chi connectivity index (χ1) is 9.95. The van der Waals surface area contributed by atoms with Crippen LogP contribution in [0.25, 0.3) is 0 Å². The van der Waals surface area contributed by atoms with Gasteiger partial charge in [-0.15, -0.1) is 0 Å². The number of anilines is 2. The number of rotatable bonds is 4. The SMILES string of the molecule is O=C(CNc1cc(Cl)c(F)c(Cl)c1)Nc1cccc(F)c1. The van der Waals surface area contributed by atoms with Crippen molar-refractivity contribution in [1.29, 1.82) is 0 Å². The second-order valence-corrected chi connectivity index (χ2v) is 4.98. The van der Waals surface area contributed by atoms with Crippen LogP contribution in [0.3, 0.4) is 0 Å². The van der Waals surface area contributed by atoms with Crippen molar-refractivity contribution in [3.63, 3.8) is 0 Å². The number of benzene rings is 2. The first kappa shape index (κ1) is 15.5. The lowest BCUT2D eigenvalue weighted by Gasteiger charge is -2.09. The molecule has 2 aromatic carbocycles. The third-order valence-corrected chi connectivity index (χ3v) is 3.10. The van der Waals surface area contributed by atoms with E-state index in [0.29, 0.717) is 11.4 Å². The molecule has 0 aliphatic heterocycles. The molecule has 0 saturated carbocycles. The highest BCUT2D eigenvalue weighted by Gasteiger charge is 2.09. The normalized spacial score (nSPS) is 10.3. The molecule has 0 saturated heterocycles. The predicted molar refractivity (Wildman–Crippen MR) is 79.9 cm³/mol. The van der Waals surface area contributed by atoms with Crippen LogP contribution in [0.5, 0.6) is 0 Å². The fourth-order valence-electron chi connectivity index (χ4n) is 1.61. The van der Waals surface area contributed by atoms with Crippen LogP contribution in [0, 0.1) is 11.6 Å². The van der Waals surface area contributed by atoms with Crippen molar-refractivity contribution in [1.82, 2.24) is 0 Å². The molecule has 0 unspecified atom stereocenters. The first-order valence-corrected chi connectivity index (χ1v) is 6.65. The number of halogens is 4. The van der Waals surface area contributed by atoms with Crippen molar-refractivity contribution in [3.05, 3.63) is 58.1 Å². The summed E-state index contributed by atoms with van der Waals surface area (Å²) in [4.78, 5) is 11.7. The Kier molecular flexibility index (Phi) is 4.98. The maximum absolute atomic E-state index is 13.2. The van der Waals surface area contributed by atoms with E-state index >= 15 is 0 Å². The van der Waals surface area contributed by atoms with E-state index in [2.05, 4.69) is 10.6 Å². The molecule has 2 rings (SSSR count). The molecule has 0 spiro atoms. The highest BCUT2D eigenvalue weighted by atomic mass is 35.5. The molecular formula is C14H10Cl2F2N2O. The van der Waals surface area contributed by atoms with Crippen molar-refractivity contribution >= 4 is 40.5 Å². The number of hydrogen-bond acceptors (Lipinski definition) is 2. The van der Waals surface area contributed by atoms with Crippen LogP contribution in [0.15, 0.2) is 36.4 Å². The van der Waals surface area contributed by atoms with Crippen molar-refractivity contribution in [2.45, 2.75) is 0 Å². The summed E-state index contributed by atoms with van der Waals surface area (Å²) in [6, 6.07) is 8.15. The average molecular weight is 331 g/mol. The monoisotopic (exact) mass is 330 g/mol. The summed E-state index contributed by atoms with van der Waals surface area (Å²) in [7, 11) is 0. The van der Waals surface area contributed by atoms with Crippen LogP contribution in [-0.2, 0) is 4.79 Å². The summed E-state index contributed by atoms with van der Waals surface area (Å²) < 4.78 is 26.2. The summed E-state index contributed by atoms with van der Waals surface area (Å²) in [5, 5.41) is 4.97. The maximum atomic E-state index is 13.2. The molecule has 0 bridgehead atoms. The smallest absolute Gasteiger partial charge is 0.243 e. The zero-order valence-corrected chi connectivity index (χ0v) is 12.1.